The normalized spacial score (nSPS) is 20.1. The highest BCUT2D eigenvalue weighted by atomic mass is 19.4. The second-order valence-electron chi connectivity index (χ2n) is 4.58. The van der Waals surface area contributed by atoms with Crippen molar-refractivity contribution in [3.63, 3.8) is 0 Å². The lowest BCUT2D eigenvalue weighted by Crippen LogP contribution is -2.41. The monoisotopic (exact) mass is 288 g/mol. The molecule has 110 valence electrons. The van der Waals surface area contributed by atoms with Gasteiger partial charge in [-0.3, -0.25) is 10.2 Å². The van der Waals surface area contributed by atoms with Crippen LogP contribution in [0.5, 0.6) is 0 Å². The zero-order chi connectivity index (χ0) is 14.8. The van der Waals surface area contributed by atoms with E-state index in [1.54, 1.807) is 12.1 Å². The number of ether oxygens (including phenoxy) is 1. The number of hydrogen-bond donors (Lipinski definition) is 1. The van der Waals surface area contributed by atoms with Crippen molar-refractivity contribution in [3.8, 4) is 0 Å². The molecule has 1 unspecified atom stereocenters. The van der Waals surface area contributed by atoms with Gasteiger partial charge in [0, 0.05) is 20.2 Å². The Morgan fingerprint density at radius 2 is 2.10 bits per heavy atom. The molecule has 1 aromatic carbocycles. The summed E-state index contributed by atoms with van der Waals surface area (Å²) in [4.78, 5) is 12.0. The maximum absolute atomic E-state index is 12.8. The number of nitrogens with one attached hydrogen (secondary N) is 1. The maximum atomic E-state index is 12.8. The highest BCUT2D eigenvalue weighted by Gasteiger charge is 2.35. The van der Waals surface area contributed by atoms with Crippen LogP contribution in [0.3, 0.4) is 0 Å². The molecule has 0 saturated carbocycles. The van der Waals surface area contributed by atoms with Gasteiger partial charge in [0.25, 0.3) is 5.91 Å². The standard InChI is InChI=1S/C13H15F3N2O2/c1-20-9-6-7-18(8-9)17-12(19)10-4-2-3-5-11(10)13(14,15)16/h2-5,9H,6-8H2,1H3,(H,17,19). The number of halogens is 3. The topological polar surface area (TPSA) is 41.6 Å². The molecule has 1 atom stereocenters. The summed E-state index contributed by atoms with van der Waals surface area (Å²) in [7, 11) is 1.56. The Kier molecular flexibility index (Phi) is 4.29. The van der Waals surface area contributed by atoms with Gasteiger partial charge < -0.3 is 4.74 Å². The molecule has 1 heterocycles. The quantitative estimate of drug-likeness (QED) is 0.926. The highest BCUT2D eigenvalue weighted by Crippen LogP contribution is 2.31. The molecule has 1 aliphatic rings. The predicted molar refractivity (Wildman–Crippen MR) is 65.9 cm³/mol. The number of benzene rings is 1. The molecule has 1 aromatic rings. The third-order valence-electron chi connectivity index (χ3n) is 3.22. The second-order valence-corrected chi connectivity index (χ2v) is 4.58. The van der Waals surface area contributed by atoms with E-state index in [4.69, 9.17) is 4.74 Å². The number of alkyl halides is 3. The van der Waals surface area contributed by atoms with Crippen molar-refractivity contribution in [3.05, 3.63) is 35.4 Å². The van der Waals surface area contributed by atoms with Gasteiger partial charge in [-0.1, -0.05) is 12.1 Å². The van der Waals surface area contributed by atoms with Crippen molar-refractivity contribution in [1.82, 2.24) is 10.4 Å². The lowest BCUT2D eigenvalue weighted by atomic mass is 10.1. The average Bonchev–Trinajstić information content (AvgIpc) is 2.85. The first-order valence-electron chi connectivity index (χ1n) is 6.16. The molecule has 7 heteroatoms. The second kappa shape index (κ2) is 5.80. The van der Waals surface area contributed by atoms with Crippen LogP contribution in [0.25, 0.3) is 0 Å². The summed E-state index contributed by atoms with van der Waals surface area (Å²) in [5.41, 5.74) is 1.18. The minimum Gasteiger partial charge on any atom is -0.380 e. The van der Waals surface area contributed by atoms with Crippen molar-refractivity contribution < 1.29 is 22.7 Å². The van der Waals surface area contributed by atoms with E-state index in [2.05, 4.69) is 5.43 Å². The molecule has 1 amide bonds. The van der Waals surface area contributed by atoms with Gasteiger partial charge in [0.1, 0.15) is 0 Å². The summed E-state index contributed by atoms with van der Waals surface area (Å²) in [5.74, 6) is -0.755. The SMILES string of the molecule is COC1CCN(NC(=O)c2ccccc2C(F)(F)F)C1. The molecule has 20 heavy (non-hydrogen) atoms. The van der Waals surface area contributed by atoms with Crippen LogP contribution < -0.4 is 5.43 Å². The Morgan fingerprint density at radius 1 is 1.40 bits per heavy atom. The Bertz CT molecular complexity index is 491. The number of hydrazine groups is 1. The van der Waals surface area contributed by atoms with Gasteiger partial charge in [0.05, 0.1) is 17.2 Å². The summed E-state index contributed by atoms with van der Waals surface area (Å²) in [6.45, 7) is 1.02. The molecule has 0 radical (unpaired) electrons. The van der Waals surface area contributed by atoms with Crippen LogP contribution >= 0.6 is 0 Å². The number of nitrogens with zero attached hydrogens (tertiary/aromatic N) is 1. The Labute approximate surface area is 114 Å². The van der Waals surface area contributed by atoms with E-state index >= 15 is 0 Å². The summed E-state index contributed by atoms with van der Waals surface area (Å²) in [6.07, 6.45) is -3.82. The van der Waals surface area contributed by atoms with Crippen molar-refractivity contribution in [2.45, 2.75) is 18.7 Å². The van der Waals surface area contributed by atoms with E-state index in [0.717, 1.165) is 12.5 Å². The Morgan fingerprint density at radius 3 is 2.70 bits per heavy atom. The third kappa shape index (κ3) is 3.29. The maximum Gasteiger partial charge on any atom is 0.417 e. The minimum absolute atomic E-state index is 0.00633. The molecule has 0 spiro atoms. The molecule has 4 nitrogen and oxygen atoms in total. The number of rotatable bonds is 3. The average molecular weight is 288 g/mol. The molecule has 0 aromatic heterocycles. The van der Waals surface area contributed by atoms with Gasteiger partial charge in [0.2, 0.25) is 0 Å². The van der Waals surface area contributed by atoms with E-state index in [9.17, 15) is 18.0 Å². The van der Waals surface area contributed by atoms with Gasteiger partial charge in [-0.15, -0.1) is 0 Å². The van der Waals surface area contributed by atoms with E-state index in [-0.39, 0.29) is 11.7 Å². The van der Waals surface area contributed by atoms with E-state index in [0.29, 0.717) is 13.1 Å². The molecular weight excluding hydrogens is 273 g/mol. The highest BCUT2D eigenvalue weighted by molar-refractivity contribution is 5.95. The van der Waals surface area contributed by atoms with Crippen LogP contribution in [0.4, 0.5) is 13.2 Å². The smallest absolute Gasteiger partial charge is 0.380 e. The van der Waals surface area contributed by atoms with Crippen LogP contribution in [0, 0.1) is 0 Å². The lowest BCUT2D eigenvalue weighted by molar-refractivity contribution is -0.138. The summed E-state index contributed by atoms with van der Waals surface area (Å²) in [5, 5.41) is 1.57. The van der Waals surface area contributed by atoms with Crippen molar-refractivity contribution in [2.24, 2.45) is 0 Å². The zero-order valence-electron chi connectivity index (χ0n) is 10.9. The number of carbonyl (C=O) groups excluding carboxylic acids is 1. The Balaban J connectivity index is 2.10. The molecule has 0 aliphatic carbocycles. The van der Waals surface area contributed by atoms with Gasteiger partial charge in [-0.25, -0.2) is 5.01 Å². The fraction of sp³-hybridized carbons (Fsp3) is 0.462. The summed E-state index contributed by atoms with van der Waals surface area (Å²) in [6, 6.07) is 4.74. The molecule has 2 rings (SSSR count). The first-order valence-corrected chi connectivity index (χ1v) is 6.16. The van der Waals surface area contributed by atoms with Gasteiger partial charge >= 0.3 is 6.18 Å². The molecule has 1 aliphatic heterocycles. The van der Waals surface area contributed by atoms with Crippen LogP contribution in [-0.2, 0) is 10.9 Å². The fourth-order valence-corrected chi connectivity index (χ4v) is 2.15. The van der Waals surface area contributed by atoms with Crippen molar-refractivity contribution in [1.29, 1.82) is 0 Å². The predicted octanol–water partition coefficient (Wildman–Crippen LogP) is 2.07. The number of methoxy groups -OCH3 is 1. The van der Waals surface area contributed by atoms with Crippen LogP contribution in [-0.4, -0.2) is 37.2 Å². The summed E-state index contributed by atoms with van der Waals surface area (Å²) < 4.78 is 43.6. The molecule has 0 bridgehead atoms. The fourth-order valence-electron chi connectivity index (χ4n) is 2.15. The molecular formula is C13H15F3N2O2. The van der Waals surface area contributed by atoms with E-state index in [1.165, 1.54) is 18.2 Å². The van der Waals surface area contributed by atoms with Crippen LogP contribution in [0.1, 0.15) is 22.3 Å². The van der Waals surface area contributed by atoms with Gasteiger partial charge in [0.15, 0.2) is 0 Å². The van der Waals surface area contributed by atoms with E-state index in [1.807, 2.05) is 0 Å². The lowest BCUT2D eigenvalue weighted by Gasteiger charge is -2.19. The first kappa shape index (κ1) is 14.8. The minimum atomic E-state index is -4.55. The van der Waals surface area contributed by atoms with E-state index < -0.39 is 17.6 Å². The Hall–Kier alpha value is -1.60. The van der Waals surface area contributed by atoms with Crippen LogP contribution in [0.2, 0.25) is 0 Å². The van der Waals surface area contributed by atoms with Crippen LogP contribution in [0.15, 0.2) is 24.3 Å². The third-order valence-corrected chi connectivity index (χ3v) is 3.22. The van der Waals surface area contributed by atoms with Gasteiger partial charge in [-0.05, 0) is 18.6 Å². The molecule has 1 fully saturated rings. The molecule has 1 N–H and O–H groups in total. The number of carbonyl (C=O) groups is 1. The van der Waals surface area contributed by atoms with Crippen molar-refractivity contribution in [2.75, 3.05) is 20.2 Å². The zero-order valence-corrected chi connectivity index (χ0v) is 10.9. The number of hydrogen-bond acceptors (Lipinski definition) is 3. The van der Waals surface area contributed by atoms with Gasteiger partial charge in [-0.2, -0.15) is 13.2 Å². The van der Waals surface area contributed by atoms with Crippen molar-refractivity contribution >= 4 is 5.91 Å². The molecule has 1 saturated heterocycles. The largest absolute Gasteiger partial charge is 0.417 e. The number of amides is 1. The summed E-state index contributed by atoms with van der Waals surface area (Å²) >= 11 is 0. The first-order chi connectivity index (χ1) is 9.41.